The van der Waals surface area contributed by atoms with Crippen molar-refractivity contribution in [1.29, 1.82) is 0 Å². The van der Waals surface area contributed by atoms with Crippen LogP contribution in [0.15, 0.2) is 122 Å². The summed E-state index contributed by atoms with van der Waals surface area (Å²) in [6.07, 6.45) is 1.06. The average Bonchev–Trinajstić information content (AvgIpc) is 1.74. The Morgan fingerprint density at radius 1 is 0.726 bits per heavy atom. The summed E-state index contributed by atoms with van der Waals surface area (Å²) < 4.78 is 86.3. The van der Waals surface area contributed by atoms with E-state index in [2.05, 4.69) is 59.3 Å². The maximum Gasteiger partial charge on any atom is 0.418 e. The monoisotopic (exact) mass is 1170 g/mol. The summed E-state index contributed by atoms with van der Waals surface area (Å²) >= 11 is 0. The van der Waals surface area contributed by atoms with E-state index in [4.69, 9.17) is 33.4 Å². The number of carbonyl (C=O) groups is 3. The maximum absolute atomic E-state index is 13.6. The summed E-state index contributed by atoms with van der Waals surface area (Å²) in [6.45, 7) is 6.48. The minimum Gasteiger partial charge on any atom is -0.476 e. The van der Waals surface area contributed by atoms with Crippen LogP contribution in [-0.4, -0.2) is 91.6 Å². The van der Waals surface area contributed by atoms with E-state index >= 15 is 0 Å². The number of aromatic nitrogens is 6. The molecule has 84 heavy (non-hydrogen) atoms. The Bertz CT molecular complexity index is 3510. The Morgan fingerprint density at radius 2 is 1.27 bits per heavy atom. The predicted molar refractivity (Wildman–Crippen MR) is 318 cm³/mol. The van der Waals surface area contributed by atoms with Crippen molar-refractivity contribution in [3.63, 3.8) is 0 Å². The molecule has 2 aliphatic rings. The molecular formula is C60H74F6N14O4. The van der Waals surface area contributed by atoms with Crippen LogP contribution >= 0.6 is 0 Å². The van der Waals surface area contributed by atoms with E-state index < -0.39 is 52.0 Å². The number of ketones is 3. The van der Waals surface area contributed by atoms with Crippen LogP contribution in [0.4, 0.5) is 55.4 Å². The van der Waals surface area contributed by atoms with Gasteiger partial charge in [-0.2, -0.15) is 26.3 Å². The van der Waals surface area contributed by atoms with Crippen LogP contribution in [0.2, 0.25) is 0 Å². The largest absolute Gasteiger partial charge is 0.476 e. The zero-order valence-electron chi connectivity index (χ0n) is 46.1. The molecule has 1 aromatic carbocycles. The van der Waals surface area contributed by atoms with E-state index in [0.717, 1.165) is 75.3 Å². The van der Waals surface area contributed by atoms with E-state index in [-0.39, 0.29) is 71.8 Å². The number of nitrogens with two attached hydrogens (primary N) is 5. The standard InChI is InChI=1S/C22H21N5O.C20H24F3N5O.C18H19F3N4O2.5H2/c1-2-7-16-11-12-19(26-14-18(23)15-8-4-3-5-9-15)27-20(16)21(28)17-10-6-13-25-22(17)24;1-2-5-13-12-28(11-4-10-25-13)16-8-7-15(20(21,22)23)17(27-16)18(29)14-6-3-9-26-19(14)24;19-18(20,21)12-5-6-13(27-10-17(23)7-1-2-8-17)25-14(12)15(26)11-4-3-9-24-16(11)22;;;;;/h3-6,8-13,18H,14,23H2,1H3,(H2,24,25)(H,26,27);3,6-9,13,25H,2,4-5,10-12H2,1H3,(H2,24,26);3-6,9H,1-2,7-8,10,23H2,(H2,22,24);5*1H. The van der Waals surface area contributed by atoms with E-state index in [1.807, 2.05) is 35.2 Å². The smallest absolute Gasteiger partial charge is 0.418 e. The van der Waals surface area contributed by atoms with Crippen molar-refractivity contribution in [2.75, 3.05) is 60.2 Å². The molecule has 1 aliphatic heterocycles. The van der Waals surface area contributed by atoms with Crippen molar-refractivity contribution in [3.8, 4) is 17.7 Å². The summed E-state index contributed by atoms with van der Waals surface area (Å²) in [5.74, 6) is 4.22. The number of nitrogens with zero attached hydrogens (tertiary/aromatic N) is 7. The lowest BCUT2D eigenvalue weighted by molar-refractivity contribution is -0.139. The number of hydrogen-bond acceptors (Lipinski definition) is 18. The zero-order valence-corrected chi connectivity index (χ0v) is 46.1. The molecule has 12 N–H and O–H groups in total. The van der Waals surface area contributed by atoms with Gasteiger partial charge in [-0.3, -0.25) is 14.4 Å². The van der Waals surface area contributed by atoms with Gasteiger partial charge in [0.1, 0.15) is 52.8 Å². The molecule has 7 aromatic rings. The molecule has 2 atom stereocenters. The van der Waals surface area contributed by atoms with Crippen LogP contribution < -0.4 is 48.9 Å². The Labute approximate surface area is 488 Å². The number of ether oxygens (including phenoxy) is 1. The first kappa shape index (κ1) is 62.5. The first-order valence-corrected chi connectivity index (χ1v) is 26.9. The third-order valence-corrected chi connectivity index (χ3v) is 13.7. The van der Waals surface area contributed by atoms with Crippen LogP contribution in [0, 0.1) is 11.8 Å². The highest BCUT2D eigenvalue weighted by molar-refractivity contribution is 6.13. The highest BCUT2D eigenvalue weighted by atomic mass is 19.4. The number of rotatable bonds is 16. The van der Waals surface area contributed by atoms with Crippen LogP contribution in [0.5, 0.6) is 5.88 Å². The molecule has 1 saturated carbocycles. The Morgan fingerprint density at radius 3 is 1.81 bits per heavy atom. The molecule has 0 spiro atoms. The van der Waals surface area contributed by atoms with Gasteiger partial charge in [0.25, 0.3) is 0 Å². The first-order valence-electron chi connectivity index (χ1n) is 26.9. The highest BCUT2D eigenvalue weighted by Crippen LogP contribution is 2.36. The fourth-order valence-corrected chi connectivity index (χ4v) is 9.35. The molecular weight excluding hydrogens is 1090 g/mol. The number of hydrogen-bond donors (Lipinski definition) is 7. The Kier molecular flexibility index (Phi) is 21.1. The molecule has 24 heteroatoms. The van der Waals surface area contributed by atoms with Gasteiger partial charge in [0.15, 0.2) is 0 Å². The van der Waals surface area contributed by atoms with Gasteiger partial charge in [-0.15, -0.1) is 5.92 Å². The number of benzene rings is 1. The van der Waals surface area contributed by atoms with Crippen LogP contribution in [0.3, 0.4) is 0 Å². The molecule has 6 aromatic heterocycles. The number of anilines is 5. The van der Waals surface area contributed by atoms with Crippen molar-refractivity contribution in [3.05, 3.63) is 178 Å². The molecule has 450 valence electrons. The number of alkyl halides is 6. The van der Waals surface area contributed by atoms with Gasteiger partial charge < -0.3 is 48.9 Å². The van der Waals surface area contributed by atoms with Crippen molar-refractivity contribution >= 4 is 46.4 Å². The molecule has 0 bridgehead atoms. The molecule has 0 amide bonds. The summed E-state index contributed by atoms with van der Waals surface area (Å²) in [4.78, 5) is 64.4. The fourth-order valence-electron chi connectivity index (χ4n) is 9.35. The minimum atomic E-state index is -4.76. The zero-order chi connectivity index (χ0) is 60.6. The number of nitrogens with one attached hydrogen (secondary N) is 2. The summed E-state index contributed by atoms with van der Waals surface area (Å²) in [7, 11) is 0. The van der Waals surface area contributed by atoms with Crippen LogP contribution in [-0.2, 0) is 12.4 Å². The van der Waals surface area contributed by atoms with E-state index in [9.17, 15) is 40.7 Å². The normalized spacial score (nSPS) is 15.1. The second kappa shape index (κ2) is 28.3. The summed E-state index contributed by atoms with van der Waals surface area (Å²) in [5, 5.41) is 6.64. The second-order valence-electron chi connectivity index (χ2n) is 19.9. The lowest BCUT2D eigenvalue weighted by atomic mass is 10.0. The number of carbonyl (C=O) groups excluding carboxylic acids is 3. The average molecular weight is 1170 g/mol. The molecule has 1 aliphatic carbocycles. The topological polar surface area (TPSA) is 295 Å². The van der Waals surface area contributed by atoms with Crippen LogP contribution in [0.25, 0.3) is 0 Å². The third-order valence-electron chi connectivity index (χ3n) is 13.7. The molecule has 1 saturated heterocycles. The number of pyridine rings is 6. The van der Waals surface area contributed by atoms with Gasteiger partial charge in [-0.05, 0) is 111 Å². The lowest BCUT2D eigenvalue weighted by Gasteiger charge is -2.26. The SMILES string of the molecule is CC#Cc1ccc(NCC(N)c2ccccc2)nc1C(=O)c1cccnc1N.CCCC1CN(c2ccc(C(F)(F)F)c(C(=O)c3cccnc3N)n2)CCCN1.Nc1ncccc1C(=O)c1nc(OCC2(N)CCCC2)ccc1C(F)(F)F.[HH].[HH].[HH].[HH].[HH]. The van der Waals surface area contributed by atoms with Crippen molar-refractivity contribution in [2.24, 2.45) is 11.5 Å². The van der Waals surface area contributed by atoms with Crippen molar-refractivity contribution < 1.29 is 52.6 Å². The van der Waals surface area contributed by atoms with Gasteiger partial charge >= 0.3 is 12.4 Å². The first-order chi connectivity index (χ1) is 40.1. The molecule has 7 heterocycles. The number of halogens is 6. The van der Waals surface area contributed by atoms with E-state index in [1.54, 1.807) is 31.2 Å². The second-order valence-corrected chi connectivity index (χ2v) is 19.9. The molecule has 2 fully saturated rings. The molecule has 18 nitrogen and oxygen atoms in total. The van der Waals surface area contributed by atoms with E-state index in [1.165, 1.54) is 48.9 Å². The molecule has 9 rings (SSSR count). The van der Waals surface area contributed by atoms with Gasteiger partial charge in [0, 0.05) is 63.5 Å². The molecule has 2 unspecified atom stereocenters. The minimum absolute atomic E-state index is 0. The summed E-state index contributed by atoms with van der Waals surface area (Å²) in [5.41, 5.74) is 27.2. The van der Waals surface area contributed by atoms with Gasteiger partial charge in [-0.1, -0.05) is 62.4 Å². The third kappa shape index (κ3) is 16.4. The Balaban J connectivity index is 0.000000443. The highest BCUT2D eigenvalue weighted by Gasteiger charge is 2.39. The van der Waals surface area contributed by atoms with Gasteiger partial charge in [0.2, 0.25) is 23.2 Å². The summed E-state index contributed by atoms with van der Waals surface area (Å²) in [6, 6.07) is 26.3. The Hall–Kier alpha value is -9.05. The van der Waals surface area contributed by atoms with Crippen molar-refractivity contribution in [2.45, 2.75) is 88.8 Å². The number of nitrogen functional groups attached to an aromatic ring is 3. The van der Waals surface area contributed by atoms with Gasteiger partial charge in [0.05, 0.1) is 38.9 Å². The van der Waals surface area contributed by atoms with E-state index in [0.29, 0.717) is 42.4 Å². The van der Waals surface area contributed by atoms with Crippen molar-refractivity contribution in [1.82, 2.24) is 35.2 Å². The predicted octanol–water partition coefficient (Wildman–Crippen LogP) is 10.2. The quantitative estimate of drug-likeness (QED) is 0.0269. The maximum atomic E-state index is 13.6. The lowest BCUT2D eigenvalue weighted by Crippen LogP contribution is -2.42. The van der Waals surface area contributed by atoms with Crippen LogP contribution in [0.1, 0.15) is 142 Å². The fraction of sp³-hybridized carbons (Fsp3) is 0.317. The molecule has 0 radical (unpaired) electrons. The van der Waals surface area contributed by atoms with Gasteiger partial charge in [-0.25, -0.2) is 29.9 Å².